The zero-order valence-corrected chi connectivity index (χ0v) is 10.2. The summed E-state index contributed by atoms with van der Waals surface area (Å²) in [5.41, 5.74) is 9.88. The number of hydrogen-bond acceptors (Lipinski definition) is 2. The second kappa shape index (κ2) is 5.40. The van der Waals surface area contributed by atoms with Crippen molar-refractivity contribution >= 4 is 23.5 Å². The number of nitrogens with two attached hydrogens (primary N) is 1. The maximum absolute atomic E-state index is 5.92. The summed E-state index contributed by atoms with van der Waals surface area (Å²) in [4.78, 5) is 2.28. The highest BCUT2D eigenvalue weighted by Gasteiger charge is 2.10. The molecule has 1 aromatic carbocycles. The first-order valence-corrected chi connectivity index (χ1v) is 5.61. The Bertz CT molecular complexity index is 390. The van der Waals surface area contributed by atoms with E-state index >= 15 is 0 Å². The number of anilines is 2. The lowest BCUT2D eigenvalue weighted by Crippen LogP contribution is -2.23. The Morgan fingerprint density at radius 3 is 2.12 bits per heavy atom. The molecule has 1 aromatic rings. The normalized spacial score (nSPS) is 9.88. The van der Waals surface area contributed by atoms with Crippen LogP contribution >= 0.6 is 0 Å². The highest BCUT2D eigenvalue weighted by Crippen LogP contribution is 2.30. The summed E-state index contributed by atoms with van der Waals surface area (Å²) >= 11 is 0. The first kappa shape index (κ1) is 12.4. The van der Waals surface area contributed by atoms with E-state index in [1.165, 1.54) is 5.69 Å². The molecule has 0 saturated carbocycles. The molecule has 0 aliphatic rings. The number of nitrogens with zero attached hydrogens (tertiary/aromatic N) is 1. The molecule has 0 aliphatic heterocycles. The Balaban J connectivity index is 3.39. The van der Waals surface area contributed by atoms with Gasteiger partial charge in [-0.25, -0.2) is 0 Å². The second-order valence-corrected chi connectivity index (χ2v) is 3.58. The molecule has 2 N–H and O–H groups in total. The van der Waals surface area contributed by atoms with E-state index in [-0.39, 0.29) is 0 Å². The van der Waals surface area contributed by atoms with Crippen LogP contribution in [0.15, 0.2) is 25.3 Å². The monoisotopic (exact) mass is 216 g/mol. The average Bonchev–Trinajstić information content (AvgIpc) is 2.31. The topological polar surface area (TPSA) is 29.3 Å². The molecular formula is C14H20N2. The van der Waals surface area contributed by atoms with Crippen molar-refractivity contribution in [3.63, 3.8) is 0 Å². The van der Waals surface area contributed by atoms with E-state index in [0.717, 1.165) is 29.9 Å². The van der Waals surface area contributed by atoms with Crippen LogP contribution < -0.4 is 10.6 Å². The molecule has 2 heteroatoms. The van der Waals surface area contributed by atoms with Gasteiger partial charge in [0.15, 0.2) is 0 Å². The largest absolute Gasteiger partial charge is 0.398 e. The molecule has 1 rings (SSSR count). The molecule has 0 saturated heterocycles. The molecule has 0 amide bonds. The summed E-state index contributed by atoms with van der Waals surface area (Å²) in [6, 6.07) is 3.98. The Morgan fingerprint density at radius 2 is 1.69 bits per heavy atom. The van der Waals surface area contributed by atoms with E-state index < -0.39 is 0 Å². The smallest absolute Gasteiger partial charge is 0.0447 e. The van der Waals surface area contributed by atoms with Crippen LogP contribution in [0.2, 0.25) is 0 Å². The molecule has 86 valence electrons. The van der Waals surface area contributed by atoms with Crippen molar-refractivity contribution in [3.05, 3.63) is 36.4 Å². The van der Waals surface area contributed by atoms with Crippen LogP contribution in [0.3, 0.4) is 0 Å². The Morgan fingerprint density at radius 1 is 1.12 bits per heavy atom. The highest BCUT2D eigenvalue weighted by molar-refractivity contribution is 5.82. The van der Waals surface area contributed by atoms with Gasteiger partial charge in [-0.3, -0.25) is 0 Å². The molecule has 0 aliphatic carbocycles. The van der Waals surface area contributed by atoms with E-state index in [9.17, 15) is 0 Å². The van der Waals surface area contributed by atoms with E-state index in [1.54, 1.807) is 6.08 Å². The molecule has 0 fully saturated rings. The fourth-order valence-corrected chi connectivity index (χ4v) is 1.92. The maximum Gasteiger partial charge on any atom is 0.0447 e. The predicted molar refractivity (Wildman–Crippen MR) is 74.6 cm³/mol. The molecule has 0 aromatic heterocycles. The molecule has 0 bridgehead atoms. The SMILES string of the molecule is C=Cc1c(N)ccc(N(CC)CC)c1C=C. The van der Waals surface area contributed by atoms with E-state index in [0.29, 0.717) is 0 Å². The number of rotatable bonds is 5. The third kappa shape index (κ3) is 2.11. The fraction of sp³-hybridized carbons (Fsp3) is 0.286. The predicted octanol–water partition coefficient (Wildman–Crippen LogP) is 3.40. The van der Waals surface area contributed by atoms with Crippen LogP contribution in [-0.2, 0) is 0 Å². The highest BCUT2D eigenvalue weighted by atomic mass is 15.1. The van der Waals surface area contributed by atoms with Gasteiger partial charge in [-0.05, 0) is 26.0 Å². The lowest BCUT2D eigenvalue weighted by atomic mass is 10.0. The molecule has 0 unspecified atom stereocenters. The lowest BCUT2D eigenvalue weighted by Gasteiger charge is -2.24. The Labute approximate surface area is 98.1 Å². The van der Waals surface area contributed by atoms with E-state index in [2.05, 4.69) is 31.9 Å². The van der Waals surface area contributed by atoms with Gasteiger partial charge in [0.05, 0.1) is 0 Å². The van der Waals surface area contributed by atoms with Crippen LogP contribution in [0.4, 0.5) is 11.4 Å². The van der Waals surface area contributed by atoms with Gasteiger partial charge in [-0.2, -0.15) is 0 Å². The van der Waals surface area contributed by atoms with Gasteiger partial charge in [-0.1, -0.05) is 25.3 Å². The first-order valence-electron chi connectivity index (χ1n) is 5.61. The molecular weight excluding hydrogens is 196 g/mol. The summed E-state index contributed by atoms with van der Waals surface area (Å²) in [7, 11) is 0. The number of benzene rings is 1. The van der Waals surface area contributed by atoms with Gasteiger partial charge in [0.2, 0.25) is 0 Å². The van der Waals surface area contributed by atoms with Crippen LogP contribution in [0.1, 0.15) is 25.0 Å². The van der Waals surface area contributed by atoms with Crippen molar-refractivity contribution in [3.8, 4) is 0 Å². The van der Waals surface area contributed by atoms with Gasteiger partial charge in [0.1, 0.15) is 0 Å². The Kier molecular flexibility index (Phi) is 4.18. The van der Waals surface area contributed by atoms with Crippen molar-refractivity contribution < 1.29 is 0 Å². The minimum atomic E-state index is 0.751. The van der Waals surface area contributed by atoms with Crippen LogP contribution in [0.5, 0.6) is 0 Å². The maximum atomic E-state index is 5.92. The molecule has 16 heavy (non-hydrogen) atoms. The number of hydrogen-bond donors (Lipinski definition) is 1. The third-order valence-electron chi connectivity index (χ3n) is 2.81. The summed E-state index contributed by atoms with van der Waals surface area (Å²) < 4.78 is 0. The van der Waals surface area contributed by atoms with Crippen molar-refractivity contribution in [2.75, 3.05) is 23.7 Å². The minimum absolute atomic E-state index is 0.751. The van der Waals surface area contributed by atoms with Crippen LogP contribution in [-0.4, -0.2) is 13.1 Å². The lowest BCUT2D eigenvalue weighted by molar-refractivity contribution is 0.865. The van der Waals surface area contributed by atoms with E-state index in [1.807, 2.05) is 18.2 Å². The molecule has 0 radical (unpaired) electrons. The van der Waals surface area contributed by atoms with Crippen molar-refractivity contribution in [2.45, 2.75) is 13.8 Å². The minimum Gasteiger partial charge on any atom is -0.398 e. The quantitative estimate of drug-likeness (QED) is 0.764. The van der Waals surface area contributed by atoms with Gasteiger partial charge in [0, 0.05) is 35.6 Å². The standard InChI is InChI=1S/C14H20N2/c1-5-11-12(6-2)14(10-9-13(11)15)16(7-3)8-4/h5-6,9-10H,1-2,7-8,15H2,3-4H3. The van der Waals surface area contributed by atoms with Gasteiger partial charge >= 0.3 is 0 Å². The van der Waals surface area contributed by atoms with Crippen molar-refractivity contribution in [1.82, 2.24) is 0 Å². The molecule has 0 spiro atoms. The summed E-state index contributed by atoms with van der Waals surface area (Å²) in [5.74, 6) is 0. The molecule has 0 atom stereocenters. The van der Waals surface area contributed by atoms with Crippen LogP contribution in [0, 0.1) is 0 Å². The second-order valence-electron chi connectivity index (χ2n) is 3.58. The third-order valence-corrected chi connectivity index (χ3v) is 2.81. The first-order chi connectivity index (χ1) is 7.69. The average molecular weight is 216 g/mol. The molecule has 0 heterocycles. The van der Waals surface area contributed by atoms with E-state index in [4.69, 9.17) is 5.73 Å². The zero-order valence-electron chi connectivity index (χ0n) is 10.2. The molecule has 2 nitrogen and oxygen atoms in total. The van der Waals surface area contributed by atoms with Gasteiger partial charge in [0.25, 0.3) is 0 Å². The zero-order chi connectivity index (χ0) is 12.1. The summed E-state index contributed by atoms with van der Waals surface area (Å²) in [6.45, 7) is 13.9. The van der Waals surface area contributed by atoms with Crippen molar-refractivity contribution in [1.29, 1.82) is 0 Å². The van der Waals surface area contributed by atoms with Crippen molar-refractivity contribution in [2.24, 2.45) is 0 Å². The number of nitrogen functional groups attached to an aromatic ring is 1. The fourth-order valence-electron chi connectivity index (χ4n) is 1.92. The summed E-state index contributed by atoms with van der Waals surface area (Å²) in [6.07, 6.45) is 3.64. The summed E-state index contributed by atoms with van der Waals surface area (Å²) in [5, 5.41) is 0. The van der Waals surface area contributed by atoms with Crippen LogP contribution in [0.25, 0.3) is 12.2 Å². The van der Waals surface area contributed by atoms with Gasteiger partial charge in [-0.15, -0.1) is 0 Å². The Hall–Kier alpha value is -1.70. The van der Waals surface area contributed by atoms with Gasteiger partial charge < -0.3 is 10.6 Å².